The Bertz CT molecular complexity index is 1200. The monoisotopic (exact) mass is 480 g/mol. The summed E-state index contributed by atoms with van der Waals surface area (Å²) in [4.78, 5) is 20.9. The van der Waals surface area contributed by atoms with E-state index in [9.17, 15) is 4.79 Å². The third-order valence-corrected chi connectivity index (χ3v) is 6.78. The van der Waals surface area contributed by atoms with Crippen LogP contribution >= 0.6 is 11.6 Å². The average Bonchev–Trinajstić information content (AvgIpc) is 3.46. The van der Waals surface area contributed by atoms with E-state index in [-0.39, 0.29) is 18.1 Å². The van der Waals surface area contributed by atoms with Crippen molar-refractivity contribution in [2.24, 2.45) is 0 Å². The highest BCUT2D eigenvalue weighted by molar-refractivity contribution is 6.31. The SMILES string of the molecule is CCc1c(Cl)cccc1Nc1c(-c2ccncc2OC[C@@H]2CCCO2)[nH]c2c1C(=O)NC(C)C2. The Morgan fingerprint density at radius 2 is 2.21 bits per heavy atom. The van der Waals surface area contributed by atoms with Crippen LogP contribution in [0.4, 0.5) is 11.4 Å². The molecule has 0 radical (unpaired) electrons. The lowest BCUT2D eigenvalue weighted by Gasteiger charge is -2.21. The molecule has 2 atom stereocenters. The Labute approximate surface area is 204 Å². The summed E-state index contributed by atoms with van der Waals surface area (Å²) in [7, 11) is 0. The predicted molar refractivity (Wildman–Crippen MR) is 133 cm³/mol. The summed E-state index contributed by atoms with van der Waals surface area (Å²) in [6.07, 6.45) is 7.06. The molecule has 7 nitrogen and oxygen atoms in total. The van der Waals surface area contributed by atoms with Crippen LogP contribution in [0.5, 0.6) is 5.75 Å². The number of ether oxygens (including phenoxy) is 2. The van der Waals surface area contributed by atoms with E-state index >= 15 is 0 Å². The standard InChI is InChI=1S/C26H29ClN4O3/c1-3-17-19(27)7-4-8-20(17)30-25-23-21(12-15(2)29-26(23)32)31-24(25)18-9-10-28-13-22(18)34-14-16-6-5-11-33-16/h4,7-10,13,15-16,30-31H,3,5-6,11-12,14H2,1-2H3,(H,29,32)/t15?,16-/m0/s1. The predicted octanol–water partition coefficient (Wildman–Crippen LogP) is 5.27. The molecule has 1 fully saturated rings. The number of amides is 1. The van der Waals surface area contributed by atoms with Crippen molar-refractivity contribution in [3.63, 3.8) is 0 Å². The normalized spacial score (nSPS) is 19.6. The second-order valence-corrected chi connectivity index (χ2v) is 9.28. The molecule has 1 aromatic carbocycles. The van der Waals surface area contributed by atoms with Gasteiger partial charge in [0.15, 0.2) is 0 Å². The highest BCUT2D eigenvalue weighted by Crippen LogP contribution is 2.41. The van der Waals surface area contributed by atoms with E-state index in [0.29, 0.717) is 35.1 Å². The van der Waals surface area contributed by atoms with Crippen LogP contribution in [-0.2, 0) is 17.6 Å². The number of carbonyl (C=O) groups is 1. The Kier molecular flexibility index (Phi) is 6.48. The Morgan fingerprint density at radius 1 is 1.32 bits per heavy atom. The summed E-state index contributed by atoms with van der Waals surface area (Å²) >= 11 is 6.48. The van der Waals surface area contributed by atoms with Gasteiger partial charge < -0.3 is 25.1 Å². The van der Waals surface area contributed by atoms with Crippen molar-refractivity contribution in [3.05, 3.63) is 58.5 Å². The van der Waals surface area contributed by atoms with Gasteiger partial charge >= 0.3 is 0 Å². The third-order valence-electron chi connectivity index (χ3n) is 6.43. The molecular formula is C26H29ClN4O3. The Hall–Kier alpha value is -3.03. The summed E-state index contributed by atoms with van der Waals surface area (Å²) in [6, 6.07) is 7.73. The molecule has 0 saturated carbocycles. The molecule has 0 spiro atoms. The third kappa shape index (κ3) is 4.38. The second kappa shape index (κ2) is 9.68. The van der Waals surface area contributed by atoms with Crippen LogP contribution in [0.1, 0.15) is 48.3 Å². The lowest BCUT2D eigenvalue weighted by atomic mass is 10.0. The average molecular weight is 481 g/mol. The minimum absolute atomic E-state index is 0.0457. The molecule has 5 rings (SSSR count). The van der Waals surface area contributed by atoms with Crippen molar-refractivity contribution in [2.45, 2.75) is 51.7 Å². The number of halogens is 1. The molecule has 178 valence electrons. The number of hydrogen-bond donors (Lipinski definition) is 3. The van der Waals surface area contributed by atoms with E-state index < -0.39 is 0 Å². The van der Waals surface area contributed by atoms with E-state index in [1.54, 1.807) is 12.4 Å². The van der Waals surface area contributed by atoms with Gasteiger partial charge in [-0.15, -0.1) is 0 Å². The molecule has 1 unspecified atom stereocenters. The molecule has 3 N–H and O–H groups in total. The summed E-state index contributed by atoms with van der Waals surface area (Å²) in [6.45, 7) is 5.31. The first kappa shape index (κ1) is 22.7. The molecular weight excluding hydrogens is 452 g/mol. The molecule has 4 heterocycles. The van der Waals surface area contributed by atoms with Gasteiger partial charge in [0, 0.05) is 47.2 Å². The van der Waals surface area contributed by atoms with Crippen LogP contribution in [0.25, 0.3) is 11.3 Å². The van der Waals surface area contributed by atoms with Gasteiger partial charge in [0.1, 0.15) is 12.4 Å². The number of anilines is 2. The zero-order chi connectivity index (χ0) is 23.7. The van der Waals surface area contributed by atoms with Crippen LogP contribution in [-0.4, -0.2) is 41.2 Å². The molecule has 2 aliphatic rings. The first-order chi connectivity index (χ1) is 16.5. The van der Waals surface area contributed by atoms with Crippen molar-refractivity contribution >= 4 is 28.9 Å². The van der Waals surface area contributed by atoms with Crippen molar-refractivity contribution in [1.82, 2.24) is 15.3 Å². The number of aromatic nitrogens is 2. The number of fused-ring (bicyclic) bond motifs is 1. The number of nitrogens with zero attached hydrogens (tertiary/aromatic N) is 1. The fourth-order valence-electron chi connectivity index (χ4n) is 4.77. The fraction of sp³-hybridized carbons (Fsp3) is 0.385. The topological polar surface area (TPSA) is 88.3 Å². The summed E-state index contributed by atoms with van der Waals surface area (Å²) in [5.41, 5.74) is 5.74. The lowest BCUT2D eigenvalue weighted by molar-refractivity contribution is 0.0680. The number of pyridine rings is 1. The van der Waals surface area contributed by atoms with Crippen LogP contribution in [0.2, 0.25) is 5.02 Å². The van der Waals surface area contributed by atoms with Gasteiger partial charge in [-0.1, -0.05) is 24.6 Å². The maximum Gasteiger partial charge on any atom is 0.255 e. The number of benzene rings is 1. The number of rotatable bonds is 7. The van der Waals surface area contributed by atoms with Crippen LogP contribution in [0, 0.1) is 0 Å². The molecule has 3 aromatic rings. The first-order valence-electron chi connectivity index (χ1n) is 11.8. The van der Waals surface area contributed by atoms with Gasteiger partial charge in [-0.3, -0.25) is 9.78 Å². The number of aromatic amines is 1. The molecule has 0 aliphatic carbocycles. The minimum atomic E-state index is -0.102. The maximum absolute atomic E-state index is 13.1. The van der Waals surface area contributed by atoms with Gasteiger partial charge in [-0.25, -0.2) is 0 Å². The summed E-state index contributed by atoms with van der Waals surface area (Å²) in [5.74, 6) is 0.546. The van der Waals surface area contributed by atoms with E-state index in [2.05, 4.69) is 27.5 Å². The van der Waals surface area contributed by atoms with Gasteiger partial charge in [0.25, 0.3) is 5.91 Å². The molecule has 2 aromatic heterocycles. The Balaban J connectivity index is 1.59. The van der Waals surface area contributed by atoms with E-state index in [1.807, 2.05) is 31.2 Å². The van der Waals surface area contributed by atoms with Crippen molar-refractivity contribution in [1.29, 1.82) is 0 Å². The lowest BCUT2D eigenvalue weighted by Crippen LogP contribution is -2.39. The zero-order valence-electron chi connectivity index (χ0n) is 19.4. The number of H-pyrrole nitrogens is 1. The first-order valence-corrected chi connectivity index (χ1v) is 12.2. The quantitative estimate of drug-likeness (QED) is 0.429. The molecule has 2 aliphatic heterocycles. The molecule has 34 heavy (non-hydrogen) atoms. The molecule has 1 amide bonds. The fourth-order valence-corrected chi connectivity index (χ4v) is 5.07. The highest BCUT2D eigenvalue weighted by Gasteiger charge is 2.31. The largest absolute Gasteiger partial charge is 0.489 e. The smallest absolute Gasteiger partial charge is 0.255 e. The second-order valence-electron chi connectivity index (χ2n) is 8.87. The summed E-state index contributed by atoms with van der Waals surface area (Å²) in [5, 5.41) is 7.29. The van der Waals surface area contributed by atoms with Gasteiger partial charge in [-0.05, 0) is 49.9 Å². The number of hydrogen-bond acceptors (Lipinski definition) is 5. The molecule has 8 heteroatoms. The number of carbonyl (C=O) groups excluding carboxylic acids is 1. The van der Waals surface area contributed by atoms with E-state index in [0.717, 1.165) is 54.1 Å². The van der Waals surface area contributed by atoms with Crippen LogP contribution < -0.4 is 15.4 Å². The molecule has 0 bridgehead atoms. The van der Waals surface area contributed by atoms with Crippen molar-refractivity contribution < 1.29 is 14.3 Å². The van der Waals surface area contributed by atoms with Crippen LogP contribution in [0.15, 0.2) is 36.7 Å². The van der Waals surface area contributed by atoms with Gasteiger partial charge in [-0.2, -0.15) is 0 Å². The van der Waals surface area contributed by atoms with Crippen molar-refractivity contribution in [2.75, 3.05) is 18.5 Å². The zero-order valence-corrected chi connectivity index (χ0v) is 20.2. The van der Waals surface area contributed by atoms with E-state index in [4.69, 9.17) is 21.1 Å². The van der Waals surface area contributed by atoms with Gasteiger partial charge in [0.05, 0.1) is 29.2 Å². The minimum Gasteiger partial charge on any atom is -0.489 e. The van der Waals surface area contributed by atoms with Crippen molar-refractivity contribution in [3.8, 4) is 17.0 Å². The number of nitrogens with one attached hydrogen (secondary N) is 3. The summed E-state index contributed by atoms with van der Waals surface area (Å²) < 4.78 is 11.9. The van der Waals surface area contributed by atoms with Gasteiger partial charge in [0.2, 0.25) is 0 Å². The molecule has 1 saturated heterocycles. The van der Waals surface area contributed by atoms with E-state index in [1.165, 1.54) is 0 Å². The Morgan fingerprint density at radius 3 is 3.00 bits per heavy atom. The maximum atomic E-state index is 13.1. The van der Waals surface area contributed by atoms with Crippen LogP contribution in [0.3, 0.4) is 0 Å². The highest BCUT2D eigenvalue weighted by atomic mass is 35.5.